The molecule has 2 heteroatoms. The van der Waals surface area contributed by atoms with E-state index in [1.807, 2.05) is 36.4 Å². The van der Waals surface area contributed by atoms with Crippen LogP contribution >= 0.6 is 0 Å². The van der Waals surface area contributed by atoms with Crippen LogP contribution in [0.4, 0.5) is 0 Å². The Morgan fingerprint density at radius 3 is 2.71 bits per heavy atom. The lowest BCUT2D eigenvalue weighted by atomic mass is 10.1. The summed E-state index contributed by atoms with van der Waals surface area (Å²) in [5.74, 6) is 0.200. The summed E-state index contributed by atoms with van der Waals surface area (Å²) in [6.45, 7) is 0. The molecule has 0 aliphatic carbocycles. The highest BCUT2D eigenvalue weighted by Crippen LogP contribution is 2.32. The summed E-state index contributed by atoms with van der Waals surface area (Å²) >= 11 is 0. The van der Waals surface area contributed by atoms with Crippen LogP contribution < -0.4 is 0 Å². The molecule has 0 spiro atoms. The fourth-order valence-electron chi connectivity index (χ4n) is 1.75. The van der Waals surface area contributed by atoms with Gasteiger partial charge < -0.3 is 9.52 Å². The number of aromatic hydroxyl groups is 1. The summed E-state index contributed by atoms with van der Waals surface area (Å²) in [5.41, 5.74) is 0.751. The van der Waals surface area contributed by atoms with Gasteiger partial charge in [0.25, 0.3) is 0 Å². The second-order valence-corrected chi connectivity index (χ2v) is 3.28. The van der Waals surface area contributed by atoms with E-state index in [0.29, 0.717) is 0 Å². The molecule has 0 saturated heterocycles. The van der Waals surface area contributed by atoms with Crippen LogP contribution in [0, 0.1) is 0 Å². The molecule has 14 heavy (non-hydrogen) atoms. The van der Waals surface area contributed by atoms with Crippen LogP contribution in [0.15, 0.2) is 47.1 Å². The lowest BCUT2D eigenvalue weighted by Gasteiger charge is -1.96. The summed E-state index contributed by atoms with van der Waals surface area (Å²) < 4.78 is 5.31. The van der Waals surface area contributed by atoms with Crippen LogP contribution in [0.5, 0.6) is 5.75 Å². The second-order valence-electron chi connectivity index (χ2n) is 3.28. The SMILES string of the molecule is Oc1coc2c1ccc1ccccc12. The summed E-state index contributed by atoms with van der Waals surface area (Å²) in [4.78, 5) is 0. The van der Waals surface area contributed by atoms with Gasteiger partial charge in [0.1, 0.15) is 11.8 Å². The van der Waals surface area contributed by atoms with E-state index in [0.717, 1.165) is 21.7 Å². The standard InChI is InChI=1S/C12H8O2/c13-11-7-14-12-9-4-2-1-3-8(9)5-6-10(11)12/h1-7,13H. The van der Waals surface area contributed by atoms with Crippen molar-refractivity contribution in [1.82, 2.24) is 0 Å². The van der Waals surface area contributed by atoms with Gasteiger partial charge in [0, 0.05) is 5.39 Å². The lowest BCUT2D eigenvalue weighted by Crippen LogP contribution is -1.72. The van der Waals surface area contributed by atoms with Gasteiger partial charge in [-0.2, -0.15) is 0 Å². The number of furan rings is 1. The molecule has 0 atom stereocenters. The molecule has 3 aromatic rings. The minimum atomic E-state index is 0.200. The van der Waals surface area contributed by atoms with Crippen molar-refractivity contribution in [2.24, 2.45) is 0 Å². The van der Waals surface area contributed by atoms with Crippen LogP contribution in [0.2, 0.25) is 0 Å². The van der Waals surface area contributed by atoms with Crippen molar-refractivity contribution in [2.45, 2.75) is 0 Å². The Balaban J connectivity index is 2.61. The summed E-state index contributed by atoms with van der Waals surface area (Å²) in [6.07, 6.45) is 1.37. The molecule has 68 valence electrons. The highest BCUT2D eigenvalue weighted by atomic mass is 16.4. The van der Waals surface area contributed by atoms with Crippen molar-refractivity contribution in [2.75, 3.05) is 0 Å². The third-order valence-electron chi connectivity index (χ3n) is 2.44. The van der Waals surface area contributed by atoms with Crippen LogP contribution in [0.1, 0.15) is 0 Å². The summed E-state index contributed by atoms with van der Waals surface area (Å²) in [7, 11) is 0. The Kier molecular flexibility index (Phi) is 1.34. The normalized spacial score (nSPS) is 11.1. The van der Waals surface area contributed by atoms with Gasteiger partial charge in [-0.3, -0.25) is 0 Å². The molecule has 1 aromatic heterocycles. The largest absolute Gasteiger partial charge is 0.504 e. The summed E-state index contributed by atoms with van der Waals surface area (Å²) in [5, 5.41) is 12.4. The van der Waals surface area contributed by atoms with Crippen LogP contribution in [0.3, 0.4) is 0 Å². The Morgan fingerprint density at radius 1 is 0.929 bits per heavy atom. The van der Waals surface area contributed by atoms with Crippen LogP contribution in [-0.2, 0) is 0 Å². The van der Waals surface area contributed by atoms with Gasteiger partial charge in [0.15, 0.2) is 5.75 Å². The van der Waals surface area contributed by atoms with E-state index in [4.69, 9.17) is 4.42 Å². The van der Waals surface area contributed by atoms with Gasteiger partial charge in [0.05, 0.1) is 5.39 Å². The molecular weight excluding hydrogens is 176 g/mol. The third kappa shape index (κ3) is 0.852. The molecule has 3 rings (SSSR count). The first-order valence-corrected chi connectivity index (χ1v) is 4.44. The average molecular weight is 184 g/mol. The number of rotatable bonds is 0. The van der Waals surface area contributed by atoms with Crippen LogP contribution in [0.25, 0.3) is 21.7 Å². The predicted molar refractivity (Wildman–Crippen MR) is 55.4 cm³/mol. The molecule has 0 saturated carbocycles. The first-order valence-electron chi connectivity index (χ1n) is 4.44. The molecule has 0 bridgehead atoms. The van der Waals surface area contributed by atoms with Crippen molar-refractivity contribution in [3.05, 3.63) is 42.7 Å². The molecule has 0 aliphatic heterocycles. The van der Waals surface area contributed by atoms with E-state index in [1.165, 1.54) is 6.26 Å². The van der Waals surface area contributed by atoms with Crippen molar-refractivity contribution < 1.29 is 9.52 Å². The fraction of sp³-hybridized carbons (Fsp3) is 0. The molecule has 0 unspecified atom stereocenters. The number of fused-ring (bicyclic) bond motifs is 3. The molecule has 2 nitrogen and oxygen atoms in total. The zero-order chi connectivity index (χ0) is 9.54. The van der Waals surface area contributed by atoms with Gasteiger partial charge in [0.2, 0.25) is 0 Å². The van der Waals surface area contributed by atoms with Crippen molar-refractivity contribution >= 4 is 21.7 Å². The maximum absolute atomic E-state index is 9.48. The van der Waals surface area contributed by atoms with Crippen molar-refractivity contribution in [3.63, 3.8) is 0 Å². The topological polar surface area (TPSA) is 33.4 Å². The van der Waals surface area contributed by atoms with Crippen molar-refractivity contribution in [3.8, 4) is 5.75 Å². The quantitative estimate of drug-likeness (QED) is 0.581. The molecule has 1 heterocycles. The van der Waals surface area contributed by atoms with E-state index >= 15 is 0 Å². The zero-order valence-corrected chi connectivity index (χ0v) is 7.40. The minimum Gasteiger partial charge on any atom is -0.504 e. The number of benzene rings is 2. The maximum Gasteiger partial charge on any atom is 0.161 e. The second kappa shape index (κ2) is 2.51. The molecular formula is C12H8O2. The predicted octanol–water partition coefficient (Wildman–Crippen LogP) is 3.29. The van der Waals surface area contributed by atoms with E-state index in [-0.39, 0.29) is 5.75 Å². The van der Waals surface area contributed by atoms with Gasteiger partial charge >= 0.3 is 0 Å². The van der Waals surface area contributed by atoms with E-state index in [2.05, 4.69) is 0 Å². The first kappa shape index (κ1) is 7.44. The molecule has 0 amide bonds. The number of hydrogen-bond donors (Lipinski definition) is 1. The van der Waals surface area contributed by atoms with Crippen LogP contribution in [-0.4, -0.2) is 5.11 Å². The van der Waals surface area contributed by atoms with Gasteiger partial charge in [-0.05, 0) is 11.5 Å². The van der Waals surface area contributed by atoms with Gasteiger partial charge in [-0.25, -0.2) is 0 Å². The summed E-state index contributed by atoms with van der Waals surface area (Å²) in [6, 6.07) is 11.8. The monoisotopic (exact) mass is 184 g/mol. The molecule has 2 aromatic carbocycles. The smallest absolute Gasteiger partial charge is 0.161 e. The Labute approximate surface area is 80.4 Å². The third-order valence-corrected chi connectivity index (χ3v) is 2.44. The highest BCUT2D eigenvalue weighted by molar-refractivity contribution is 6.06. The van der Waals surface area contributed by atoms with Crippen molar-refractivity contribution in [1.29, 1.82) is 0 Å². The Bertz CT molecular complexity index is 608. The zero-order valence-electron chi connectivity index (χ0n) is 7.40. The van der Waals surface area contributed by atoms with Gasteiger partial charge in [-0.1, -0.05) is 30.3 Å². The van der Waals surface area contributed by atoms with E-state index < -0.39 is 0 Å². The molecule has 0 fully saturated rings. The maximum atomic E-state index is 9.48. The van der Waals surface area contributed by atoms with Gasteiger partial charge in [-0.15, -0.1) is 0 Å². The fourth-order valence-corrected chi connectivity index (χ4v) is 1.75. The minimum absolute atomic E-state index is 0.200. The average Bonchev–Trinajstić information content (AvgIpc) is 2.61. The highest BCUT2D eigenvalue weighted by Gasteiger charge is 2.06. The van der Waals surface area contributed by atoms with E-state index in [1.54, 1.807) is 0 Å². The van der Waals surface area contributed by atoms with E-state index in [9.17, 15) is 5.11 Å². The molecule has 1 N–H and O–H groups in total. The Hall–Kier alpha value is -1.96. The Morgan fingerprint density at radius 2 is 1.79 bits per heavy atom. The molecule has 0 radical (unpaired) electrons. The molecule has 0 aliphatic rings. The first-order chi connectivity index (χ1) is 6.86. The lowest BCUT2D eigenvalue weighted by molar-refractivity contribution is 0.464. The number of hydrogen-bond acceptors (Lipinski definition) is 2.